The first-order valence-electron chi connectivity index (χ1n) is 3.81. The first kappa shape index (κ1) is 8.02. The van der Waals surface area contributed by atoms with E-state index in [9.17, 15) is 0 Å². The molecular formula is C8H16O2. The summed E-state index contributed by atoms with van der Waals surface area (Å²) in [5.74, 6) is 0. The van der Waals surface area contributed by atoms with Gasteiger partial charge in [0, 0.05) is 6.42 Å². The molecule has 0 amide bonds. The molecule has 0 bridgehead atoms. The largest absolute Gasteiger partial charge is 0.350 e. The second kappa shape index (κ2) is 2.89. The molecule has 10 heavy (non-hydrogen) atoms. The van der Waals surface area contributed by atoms with Gasteiger partial charge in [0.05, 0.1) is 13.2 Å². The maximum atomic E-state index is 5.31. The molecule has 2 heteroatoms. The molecule has 0 spiro atoms. The van der Waals surface area contributed by atoms with Crippen molar-refractivity contribution in [2.24, 2.45) is 5.41 Å². The Labute approximate surface area is 62.5 Å². The minimum atomic E-state index is 0.0556. The van der Waals surface area contributed by atoms with E-state index in [0.717, 1.165) is 19.6 Å². The van der Waals surface area contributed by atoms with Crippen molar-refractivity contribution >= 4 is 0 Å². The SMILES string of the molecule is CC(C)(C)CC1OCCO1. The third-order valence-corrected chi connectivity index (χ3v) is 1.47. The Balaban J connectivity index is 2.24. The van der Waals surface area contributed by atoms with E-state index in [1.54, 1.807) is 0 Å². The zero-order valence-electron chi connectivity index (χ0n) is 7.02. The summed E-state index contributed by atoms with van der Waals surface area (Å²) in [7, 11) is 0. The Kier molecular flexibility index (Phi) is 2.32. The summed E-state index contributed by atoms with van der Waals surface area (Å²) in [4.78, 5) is 0. The highest BCUT2D eigenvalue weighted by atomic mass is 16.7. The van der Waals surface area contributed by atoms with Gasteiger partial charge in [-0.15, -0.1) is 0 Å². The molecule has 0 unspecified atom stereocenters. The standard InChI is InChI=1S/C8H16O2/c1-8(2,3)6-7-9-4-5-10-7/h7H,4-6H2,1-3H3. The predicted octanol–water partition coefficient (Wildman–Crippen LogP) is 1.80. The average molecular weight is 144 g/mol. The highest BCUT2D eigenvalue weighted by Crippen LogP contribution is 2.24. The van der Waals surface area contributed by atoms with E-state index in [1.165, 1.54) is 0 Å². The van der Waals surface area contributed by atoms with Crippen molar-refractivity contribution in [2.45, 2.75) is 33.5 Å². The predicted molar refractivity (Wildman–Crippen MR) is 39.8 cm³/mol. The third-order valence-electron chi connectivity index (χ3n) is 1.47. The molecule has 1 saturated heterocycles. The van der Waals surface area contributed by atoms with Gasteiger partial charge in [-0.3, -0.25) is 0 Å². The molecule has 0 N–H and O–H groups in total. The Morgan fingerprint density at radius 3 is 2.10 bits per heavy atom. The van der Waals surface area contributed by atoms with Crippen LogP contribution in [0.1, 0.15) is 27.2 Å². The summed E-state index contributed by atoms with van der Waals surface area (Å²) < 4.78 is 10.6. The van der Waals surface area contributed by atoms with Crippen LogP contribution in [0, 0.1) is 5.41 Å². The molecule has 1 fully saturated rings. The minimum Gasteiger partial charge on any atom is -0.350 e. The molecule has 0 radical (unpaired) electrons. The quantitative estimate of drug-likeness (QED) is 0.558. The number of hydrogen-bond donors (Lipinski definition) is 0. The Bertz CT molecular complexity index is 98.3. The Morgan fingerprint density at radius 2 is 1.70 bits per heavy atom. The summed E-state index contributed by atoms with van der Waals surface area (Å²) in [6, 6.07) is 0. The molecule has 60 valence electrons. The van der Waals surface area contributed by atoms with Gasteiger partial charge in [0.2, 0.25) is 0 Å². The van der Waals surface area contributed by atoms with Crippen LogP contribution in [0.25, 0.3) is 0 Å². The monoisotopic (exact) mass is 144 g/mol. The van der Waals surface area contributed by atoms with E-state index in [0.29, 0.717) is 5.41 Å². The Hall–Kier alpha value is -0.0800. The zero-order valence-corrected chi connectivity index (χ0v) is 7.02. The van der Waals surface area contributed by atoms with Crippen molar-refractivity contribution in [3.8, 4) is 0 Å². The van der Waals surface area contributed by atoms with E-state index in [1.807, 2.05) is 0 Å². The third kappa shape index (κ3) is 2.67. The Morgan fingerprint density at radius 1 is 1.20 bits per heavy atom. The molecule has 0 atom stereocenters. The highest BCUT2D eigenvalue weighted by molar-refractivity contribution is 4.65. The molecule has 0 aliphatic carbocycles. The number of ether oxygens (including phenoxy) is 2. The van der Waals surface area contributed by atoms with Gasteiger partial charge in [-0.1, -0.05) is 20.8 Å². The van der Waals surface area contributed by atoms with Crippen molar-refractivity contribution in [2.75, 3.05) is 13.2 Å². The molecule has 0 aromatic rings. The first-order valence-corrected chi connectivity index (χ1v) is 3.81. The van der Waals surface area contributed by atoms with E-state index < -0.39 is 0 Å². The fourth-order valence-electron chi connectivity index (χ4n) is 1.03. The topological polar surface area (TPSA) is 18.5 Å². The molecule has 1 aliphatic rings. The molecular weight excluding hydrogens is 128 g/mol. The van der Waals surface area contributed by atoms with Crippen LogP contribution in [0.15, 0.2) is 0 Å². The van der Waals surface area contributed by atoms with E-state index in [2.05, 4.69) is 20.8 Å². The summed E-state index contributed by atoms with van der Waals surface area (Å²) in [5.41, 5.74) is 0.314. The average Bonchev–Trinajstić information content (AvgIpc) is 2.12. The van der Waals surface area contributed by atoms with Crippen molar-refractivity contribution in [3.63, 3.8) is 0 Å². The zero-order chi connectivity index (χ0) is 7.61. The van der Waals surface area contributed by atoms with Gasteiger partial charge in [0.15, 0.2) is 6.29 Å². The second-order valence-corrected chi connectivity index (χ2v) is 3.94. The summed E-state index contributed by atoms with van der Waals surface area (Å²) in [5, 5.41) is 0. The molecule has 0 saturated carbocycles. The van der Waals surface area contributed by atoms with Crippen LogP contribution in [0.4, 0.5) is 0 Å². The van der Waals surface area contributed by atoms with Crippen LogP contribution in [0.3, 0.4) is 0 Å². The lowest BCUT2D eigenvalue weighted by Crippen LogP contribution is -2.17. The van der Waals surface area contributed by atoms with Gasteiger partial charge < -0.3 is 9.47 Å². The fourth-order valence-corrected chi connectivity index (χ4v) is 1.03. The molecule has 1 rings (SSSR count). The van der Waals surface area contributed by atoms with Crippen LogP contribution in [0.5, 0.6) is 0 Å². The van der Waals surface area contributed by atoms with Gasteiger partial charge >= 0.3 is 0 Å². The normalized spacial score (nSPS) is 21.9. The van der Waals surface area contributed by atoms with Gasteiger partial charge in [-0.2, -0.15) is 0 Å². The minimum absolute atomic E-state index is 0.0556. The van der Waals surface area contributed by atoms with Crippen LogP contribution < -0.4 is 0 Å². The lowest BCUT2D eigenvalue weighted by molar-refractivity contribution is -0.0654. The van der Waals surface area contributed by atoms with Gasteiger partial charge in [-0.05, 0) is 5.41 Å². The van der Waals surface area contributed by atoms with Gasteiger partial charge in [-0.25, -0.2) is 0 Å². The van der Waals surface area contributed by atoms with Crippen LogP contribution in [-0.2, 0) is 9.47 Å². The summed E-state index contributed by atoms with van der Waals surface area (Å²) >= 11 is 0. The smallest absolute Gasteiger partial charge is 0.158 e. The maximum absolute atomic E-state index is 5.31. The van der Waals surface area contributed by atoms with Crippen LogP contribution >= 0.6 is 0 Å². The van der Waals surface area contributed by atoms with Crippen LogP contribution in [0.2, 0.25) is 0 Å². The summed E-state index contributed by atoms with van der Waals surface area (Å²) in [6.07, 6.45) is 1.05. The molecule has 0 aromatic heterocycles. The maximum Gasteiger partial charge on any atom is 0.158 e. The van der Waals surface area contributed by atoms with Crippen molar-refractivity contribution in [1.82, 2.24) is 0 Å². The number of hydrogen-bond acceptors (Lipinski definition) is 2. The molecule has 0 aromatic carbocycles. The molecule has 1 aliphatic heterocycles. The van der Waals surface area contributed by atoms with E-state index in [4.69, 9.17) is 9.47 Å². The van der Waals surface area contributed by atoms with E-state index in [-0.39, 0.29) is 6.29 Å². The van der Waals surface area contributed by atoms with E-state index >= 15 is 0 Å². The fraction of sp³-hybridized carbons (Fsp3) is 1.00. The lowest BCUT2D eigenvalue weighted by Gasteiger charge is -2.21. The van der Waals surface area contributed by atoms with Crippen molar-refractivity contribution < 1.29 is 9.47 Å². The molecule has 2 nitrogen and oxygen atoms in total. The molecule has 1 heterocycles. The van der Waals surface area contributed by atoms with Crippen LogP contribution in [-0.4, -0.2) is 19.5 Å². The van der Waals surface area contributed by atoms with Gasteiger partial charge in [0.1, 0.15) is 0 Å². The first-order chi connectivity index (χ1) is 4.58. The number of rotatable bonds is 1. The van der Waals surface area contributed by atoms with Crippen molar-refractivity contribution in [3.05, 3.63) is 0 Å². The highest BCUT2D eigenvalue weighted by Gasteiger charge is 2.22. The van der Waals surface area contributed by atoms with Crippen molar-refractivity contribution in [1.29, 1.82) is 0 Å². The summed E-state index contributed by atoms with van der Waals surface area (Å²) in [6.45, 7) is 8.11. The second-order valence-electron chi connectivity index (χ2n) is 3.94. The van der Waals surface area contributed by atoms with Gasteiger partial charge in [0.25, 0.3) is 0 Å². The lowest BCUT2D eigenvalue weighted by atomic mass is 9.92.